The molecule has 172 valence electrons. The van der Waals surface area contributed by atoms with Gasteiger partial charge in [-0.05, 0) is 43.7 Å². The predicted molar refractivity (Wildman–Crippen MR) is 122 cm³/mol. The molecule has 0 radical (unpaired) electrons. The number of carbonyl (C=O) groups excluding carboxylic acids is 3. The molecule has 0 aromatic heterocycles. The van der Waals surface area contributed by atoms with Crippen molar-refractivity contribution in [1.29, 1.82) is 0 Å². The summed E-state index contributed by atoms with van der Waals surface area (Å²) in [5.74, 6) is -0.283. The fourth-order valence-electron chi connectivity index (χ4n) is 2.69. The zero-order valence-electron chi connectivity index (χ0n) is 18.0. The van der Waals surface area contributed by atoms with Crippen molar-refractivity contribution in [1.82, 2.24) is 16.0 Å². The van der Waals surface area contributed by atoms with Crippen molar-refractivity contribution >= 4 is 40.9 Å². The minimum absolute atomic E-state index is 0.126. The molecule has 2 rings (SSSR count). The Bertz CT molecular complexity index is 984. The maximum Gasteiger partial charge on any atom is 0.257 e. The summed E-state index contributed by atoms with van der Waals surface area (Å²) in [6.07, 6.45) is 0. The third-order valence-electron chi connectivity index (χ3n) is 4.36. The van der Waals surface area contributed by atoms with E-state index in [2.05, 4.69) is 16.0 Å². The maximum atomic E-state index is 12.4. The van der Waals surface area contributed by atoms with E-state index in [4.69, 9.17) is 32.7 Å². The Hall–Kier alpha value is -2.97. The van der Waals surface area contributed by atoms with Crippen LogP contribution in [-0.4, -0.2) is 44.0 Å². The van der Waals surface area contributed by atoms with Gasteiger partial charge in [0.1, 0.15) is 6.04 Å². The van der Waals surface area contributed by atoms with Crippen LogP contribution in [0.1, 0.15) is 29.8 Å². The predicted octanol–water partition coefficient (Wildman–Crippen LogP) is 2.95. The van der Waals surface area contributed by atoms with E-state index in [1.165, 1.54) is 13.2 Å². The van der Waals surface area contributed by atoms with E-state index in [-0.39, 0.29) is 40.6 Å². The van der Waals surface area contributed by atoms with Crippen LogP contribution in [-0.2, 0) is 16.1 Å². The number of benzene rings is 2. The van der Waals surface area contributed by atoms with Crippen LogP contribution in [0.5, 0.6) is 11.5 Å². The quantitative estimate of drug-likeness (QED) is 0.483. The number of carbonyl (C=O) groups is 3. The van der Waals surface area contributed by atoms with E-state index in [1.54, 1.807) is 37.3 Å². The average Bonchev–Trinajstić information content (AvgIpc) is 2.78. The molecule has 0 fully saturated rings. The molecule has 0 saturated carbocycles. The Morgan fingerprint density at radius 1 is 1.06 bits per heavy atom. The van der Waals surface area contributed by atoms with Crippen LogP contribution in [0.4, 0.5) is 0 Å². The van der Waals surface area contributed by atoms with Gasteiger partial charge in [0.05, 0.1) is 22.7 Å². The SMILES string of the molecule is CCNC(=O)COc1ccc(CNC(=O)C(C)NC(=O)c2cccc(Cl)c2Cl)cc1OC. The molecule has 3 amide bonds. The Balaban J connectivity index is 1.93. The normalized spacial score (nSPS) is 11.3. The maximum absolute atomic E-state index is 12.4. The molecule has 1 unspecified atom stereocenters. The highest BCUT2D eigenvalue weighted by Gasteiger charge is 2.19. The van der Waals surface area contributed by atoms with E-state index in [1.807, 2.05) is 6.92 Å². The number of methoxy groups -OCH3 is 1. The number of hydrogen-bond acceptors (Lipinski definition) is 5. The second kappa shape index (κ2) is 12.2. The molecule has 0 heterocycles. The van der Waals surface area contributed by atoms with Gasteiger partial charge in [-0.3, -0.25) is 14.4 Å². The second-order valence-electron chi connectivity index (χ2n) is 6.74. The molecule has 0 aliphatic rings. The summed E-state index contributed by atoms with van der Waals surface area (Å²) < 4.78 is 10.8. The molecule has 0 aliphatic carbocycles. The van der Waals surface area contributed by atoms with Gasteiger partial charge in [-0.2, -0.15) is 0 Å². The van der Waals surface area contributed by atoms with Crippen molar-refractivity contribution in [3.05, 3.63) is 57.6 Å². The van der Waals surface area contributed by atoms with Crippen LogP contribution >= 0.6 is 23.2 Å². The molecule has 0 bridgehead atoms. The monoisotopic (exact) mass is 481 g/mol. The lowest BCUT2D eigenvalue weighted by molar-refractivity contribution is -0.123. The van der Waals surface area contributed by atoms with Gasteiger partial charge in [-0.25, -0.2) is 0 Å². The summed E-state index contributed by atoms with van der Waals surface area (Å²) >= 11 is 12.0. The second-order valence-corrected chi connectivity index (χ2v) is 7.53. The third kappa shape index (κ3) is 7.03. The number of halogens is 2. The minimum Gasteiger partial charge on any atom is -0.493 e. The lowest BCUT2D eigenvalue weighted by Gasteiger charge is -2.16. The lowest BCUT2D eigenvalue weighted by atomic mass is 10.1. The van der Waals surface area contributed by atoms with E-state index in [9.17, 15) is 14.4 Å². The molecular weight excluding hydrogens is 457 g/mol. The number of nitrogens with one attached hydrogen (secondary N) is 3. The summed E-state index contributed by atoms with van der Waals surface area (Å²) in [6, 6.07) is 8.99. The molecule has 3 N–H and O–H groups in total. The first-order chi connectivity index (χ1) is 15.3. The zero-order valence-corrected chi connectivity index (χ0v) is 19.5. The number of likely N-dealkylation sites (N-methyl/N-ethyl adjacent to an activating group) is 1. The molecular formula is C22H25Cl2N3O5. The minimum atomic E-state index is -0.806. The molecule has 0 spiro atoms. The van der Waals surface area contributed by atoms with Crippen LogP contribution in [0.2, 0.25) is 10.0 Å². The fourth-order valence-corrected chi connectivity index (χ4v) is 3.08. The Morgan fingerprint density at radius 3 is 2.50 bits per heavy atom. The van der Waals surface area contributed by atoms with Crippen LogP contribution in [0.15, 0.2) is 36.4 Å². The summed E-state index contributed by atoms with van der Waals surface area (Å²) in [5.41, 5.74) is 0.934. The van der Waals surface area contributed by atoms with Gasteiger partial charge in [0.25, 0.3) is 11.8 Å². The highest BCUT2D eigenvalue weighted by molar-refractivity contribution is 6.43. The first kappa shape index (κ1) is 25.3. The van der Waals surface area contributed by atoms with Crippen LogP contribution in [0.3, 0.4) is 0 Å². The van der Waals surface area contributed by atoms with Crippen LogP contribution < -0.4 is 25.4 Å². The molecule has 32 heavy (non-hydrogen) atoms. The molecule has 0 aliphatic heterocycles. The Kier molecular flexibility index (Phi) is 9.61. The average molecular weight is 482 g/mol. The number of rotatable bonds is 10. The van der Waals surface area contributed by atoms with Gasteiger partial charge >= 0.3 is 0 Å². The lowest BCUT2D eigenvalue weighted by Crippen LogP contribution is -2.44. The van der Waals surface area contributed by atoms with E-state index in [0.29, 0.717) is 18.0 Å². The van der Waals surface area contributed by atoms with Gasteiger partial charge in [-0.1, -0.05) is 35.3 Å². The molecule has 2 aromatic carbocycles. The molecule has 2 aromatic rings. The summed E-state index contributed by atoms with van der Waals surface area (Å²) in [5, 5.41) is 8.36. The summed E-state index contributed by atoms with van der Waals surface area (Å²) in [6.45, 7) is 3.96. The van der Waals surface area contributed by atoms with Crippen molar-refractivity contribution in [3.8, 4) is 11.5 Å². The van der Waals surface area contributed by atoms with Crippen molar-refractivity contribution in [2.24, 2.45) is 0 Å². The van der Waals surface area contributed by atoms with Crippen molar-refractivity contribution in [3.63, 3.8) is 0 Å². The standard InChI is InChI=1S/C22H25Cl2N3O5/c1-4-25-19(28)12-32-17-9-8-14(10-18(17)31-3)11-26-21(29)13(2)27-22(30)15-6-5-7-16(23)20(15)24/h5-10,13H,4,11-12H2,1-3H3,(H,25,28)(H,26,29)(H,27,30). The van der Waals surface area contributed by atoms with Crippen molar-refractivity contribution in [2.45, 2.75) is 26.4 Å². The first-order valence-corrected chi connectivity index (χ1v) is 10.6. The number of ether oxygens (including phenoxy) is 2. The molecule has 10 heteroatoms. The van der Waals surface area contributed by atoms with Crippen molar-refractivity contribution < 1.29 is 23.9 Å². The number of amides is 3. The molecule has 1 atom stereocenters. The van der Waals surface area contributed by atoms with Crippen LogP contribution in [0, 0.1) is 0 Å². The van der Waals surface area contributed by atoms with Gasteiger partial charge in [-0.15, -0.1) is 0 Å². The molecule has 8 nitrogen and oxygen atoms in total. The van der Waals surface area contributed by atoms with Crippen LogP contribution in [0.25, 0.3) is 0 Å². The summed E-state index contributed by atoms with van der Waals surface area (Å²) in [4.78, 5) is 36.4. The first-order valence-electron chi connectivity index (χ1n) is 9.85. The highest BCUT2D eigenvalue weighted by atomic mass is 35.5. The molecule has 0 saturated heterocycles. The summed E-state index contributed by atoms with van der Waals surface area (Å²) in [7, 11) is 1.48. The zero-order chi connectivity index (χ0) is 23.7. The van der Waals surface area contributed by atoms with Gasteiger partial charge in [0, 0.05) is 13.1 Å². The van der Waals surface area contributed by atoms with Gasteiger partial charge < -0.3 is 25.4 Å². The fraction of sp³-hybridized carbons (Fsp3) is 0.318. The van der Waals surface area contributed by atoms with E-state index < -0.39 is 11.9 Å². The largest absolute Gasteiger partial charge is 0.493 e. The van der Waals surface area contributed by atoms with E-state index in [0.717, 1.165) is 5.56 Å². The smallest absolute Gasteiger partial charge is 0.257 e. The Labute approximate surface area is 196 Å². The van der Waals surface area contributed by atoms with Crippen molar-refractivity contribution in [2.75, 3.05) is 20.3 Å². The van der Waals surface area contributed by atoms with Gasteiger partial charge in [0.15, 0.2) is 18.1 Å². The van der Waals surface area contributed by atoms with Gasteiger partial charge in [0.2, 0.25) is 5.91 Å². The highest BCUT2D eigenvalue weighted by Crippen LogP contribution is 2.28. The Morgan fingerprint density at radius 2 is 1.81 bits per heavy atom. The van der Waals surface area contributed by atoms with E-state index >= 15 is 0 Å². The third-order valence-corrected chi connectivity index (χ3v) is 5.18. The topological polar surface area (TPSA) is 106 Å². The number of hydrogen-bond donors (Lipinski definition) is 3.